The Bertz CT molecular complexity index is 1260. The van der Waals surface area contributed by atoms with Gasteiger partial charge < -0.3 is 13.9 Å². The molecule has 4 rings (SSSR count). The van der Waals surface area contributed by atoms with Crippen molar-refractivity contribution in [1.82, 2.24) is 0 Å². The van der Waals surface area contributed by atoms with Crippen molar-refractivity contribution in [2.75, 3.05) is 18.1 Å². The molecule has 0 bridgehead atoms. The zero-order valence-corrected chi connectivity index (χ0v) is 23.3. The smallest absolute Gasteiger partial charge is 0.294 e. The van der Waals surface area contributed by atoms with Crippen molar-refractivity contribution in [1.29, 1.82) is 0 Å². The zero-order valence-electron chi connectivity index (χ0n) is 22.5. The van der Waals surface area contributed by atoms with Crippen LogP contribution in [0.4, 0.5) is 10.5 Å². The molecule has 1 aromatic heterocycles. The van der Waals surface area contributed by atoms with Crippen LogP contribution in [0.2, 0.25) is 0 Å². The molecule has 2 heterocycles. The second-order valence-electron chi connectivity index (χ2n) is 10.8. The highest BCUT2D eigenvalue weighted by atomic mass is 32.2. The fourth-order valence-corrected chi connectivity index (χ4v) is 5.44. The molecule has 6 nitrogen and oxygen atoms in total. The number of fused-ring (bicyclic) bond motifs is 1. The highest BCUT2D eigenvalue weighted by Gasteiger charge is 2.37. The molecule has 7 heteroatoms. The third-order valence-electron chi connectivity index (χ3n) is 6.38. The van der Waals surface area contributed by atoms with E-state index in [1.807, 2.05) is 30.5 Å². The van der Waals surface area contributed by atoms with Gasteiger partial charge in [-0.25, -0.2) is 0 Å². The zero-order chi connectivity index (χ0) is 26.6. The Morgan fingerprint density at radius 2 is 1.81 bits per heavy atom. The SMILES string of the molecule is CCCc1c(OCCCCOc2cccc(N3C(=O)SC(=O)C3C)c2)ccc2c(CC(C)(C)C)coc12. The van der Waals surface area contributed by atoms with Gasteiger partial charge in [-0.15, -0.1) is 0 Å². The molecule has 0 aliphatic carbocycles. The second-order valence-corrected chi connectivity index (χ2v) is 11.8. The van der Waals surface area contributed by atoms with Crippen LogP contribution in [0.15, 0.2) is 47.1 Å². The maximum absolute atomic E-state index is 12.2. The summed E-state index contributed by atoms with van der Waals surface area (Å²) < 4.78 is 18.1. The van der Waals surface area contributed by atoms with Gasteiger partial charge in [0.2, 0.25) is 5.12 Å². The Morgan fingerprint density at radius 3 is 2.49 bits per heavy atom. The van der Waals surface area contributed by atoms with Gasteiger partial charge in [-0.1, -0.05) is 40.2 Å². The number of ether oxygens (including phenoxy) is 2. The first-order chi connectivity index (χ1) is 17.7. The fourth-order valence-electron chi connectivity index (χ4n) is 4.63. The molecule has 2 aromatic carbocycles. The minimum absolute atomic E-state index is 0.130. The summed E-state index contributed by atoms with van der Waals surface area (Å²) in [5.74, 6) is 1.58. The minimum atomic E-state index is -0.465. The van der Waals surface area contributed by atoms with Crippen LogP contribution in [0.3, 0.4) is 0 Å². The molecule has 1 aliphatic heterocycles. The third-order valence-corrected chi connectivity index (χ3v) is 7.29. The van der Waals surface area contributed by atoms with E-state index in [-0.39, 0.29) is 15.8 Å². The normalized spacial score (nSPS) is 16.1. The molecule has 3 aromatic rings. The molecule has 1 unspecified atom stereocenters. The van der Waals surface area contributed by atoms with E-state index in [4.69, 9.17) is 13.9 Å². The summed E-state index contributed by atoms with van der Waals surface area (Å²) >= 11 is 0.757. The molecule has 1 saturated heterocycles. The van der Waals surface area contributed by atoms with Gasteiger partial charge >= 0.3 is 0 Å². The van der Waals surface area contributed by atoms with Crippen LogP contribution in [0.1, 0.15) is 65.0 Å². The van der Waals surface area contributed by atoms with Crippen LogP contribution in [0.5, 0.6) is 11.5 Å². The number of hydrogen-bond donors (Lipinski definition) is 0. The topological polar surface area (TPSA) is 69.0 Å². The molecule has 37 heavy (non-hydrogen) atoms. The van der Waals surface area contributed by atoms with Crippen LogP contribution in [0, 0.1) is 5.41 Å². The Hall–Kier alpha value is -2.93. The van der Waals surface area contributed by atoms with Gasteiger partial charge in [-0.2, -0.15) is 0 Å². The van der Waals surface area contributed by atoms with Crippen molar-refractivity contribution in [3.8, 4) is 11.5 Å². The number of hydrogen-bond acceptors (Lipinski definition) is 6. The van der Waals surface area contributed by atoms with E-state index in [0.717, 1.165) is 60.8 Å². The van der Waals surface area contributed by atoms with E-state index in [9.17, 15) is 9.59 Å². The average Bonchev–Trinajstić information content (AvgIpc) is 3.35. The molecule has 1 aliphatic rings. The van der Waals surface area contributed by atoms with E-state index in [0.29, 0.717) is 24.7 Å². The molecular weight excluding hydrogens is 486 g/mol. The van der Waals surface area contributed by atoms with E-state index >= 15 is 0 Å². The minimum Gasteiger partial charge on any atom is -0.494 e. The Kier molecular flexibility index (Phi) is 8.53. The summed E-state index contributed by atoms with van der Waals surface area (Å²) in [5.41, 5.74) is 4.23. The van der Waals surface area contributed by atoms with Gasteiger partial charge in [0.25, 0.3) is 5.24 Å². The number of amides is 1. The predicted molar refractivity (Wildman–Crippen MR) is 150 cm³/mol. The highest BCUT2D eigenvalue weighted by molar-refractivity contribution is 8.27. The lowest BCUT2D eigenvalue weighted by atomic mass is 9.88. The van der Waals surface area contributed by atoms with Gasteiger partial charge in [0.15, 0.2) is 0 Å². The number of furan rings is 1. The predicted octanol–water partition coefficient (Wildman–Crippen LogP) is 7.80. The Morgan fingerprint density at radius 1 is 1.05 bits per heavy atom. The molecular formula is C30H37NO5S. The number of aryl methyl sites for hydroxylation is 1. The monoisotopic (exact) mass is 523 g/mol. The first kappa shape index (κ1) is 27.1. The Balaban J connectivity index is 1.30. The van der Waals surface area contributed by atoms with Crippen LogP contribution >= 0.6 is 11.8 Å². The molecule has 0 N–H and O–H groups in total. The van der Waals surface area contributed by atoms with Crippen molar-refractivity contribution in [3.05, 3.63) is 53.8 Å². The number of thioether (sulfide) groups is 1. The van der Waals surface area contributed by atoms with E-state index < -0.39 is 6.04 Å². The molecule has 1 amide bonds. The van der Waals surface area contributed by atoms with Gasteiger partial charge in [0.05, 0.1) is 19.5 Å². The van der Waals surface area contributed by atoms with Gasteiger partial charge in [-0.3, -0.25) is 14.5 Å². The summed E-state index contributed by atoms with van der Waals surface area (Å²) in [6.45, 7) is 11.8. The molecule has 198 valence electrons. The van der Waals surface area contributed by atoms with E-state index in [1.54, 1.807) is 6.92 Å². The quantitative estimate of drug-likeness (QED) is 0.239. The Labute approximate surface area is 223 Å². The number of benzene rings is 2. The van der Waals surface area contributed by atoms with Crippen molar-refractivity contribution >= 4 is 38.8 Å². The van der Waals surface area contributed by atoms with Crippen molar-refractivity contribution in [2.45, 2.75) is 72.8 Å². The number of rotatable bonds is 11. The largest absolute Gasteiger partial charge is 0.494 e. The lowest BCUT2D eigenvalue weighted by molar-refractivity contribution is -0.111. The first-order valence-corrected chi connectivity index (χ1v) is 13.9. The van der Waals surface area contributed by atoms with Crippen LogP contribution in [0.25, 0.3) is 11.0 Å². The number of nitrogens with zero attached hydrogens (tertiary/aromatic N) is 1. The highest BCUT2D eigenvalue weighted by Crippen LogP contribution is 2.35. The first-order valence-electron chi connectivity index (χ1n) is 13.1. The molecule has 0 saturated carbocycles. The second kappa shape index (κ2) is 11.6. The third kappa shape index (κ3) is 6.50. The standard InChI is InChI=1S/C30H37NO5S/c1-6-10-25-26(14-13-24-21(18-30(3,4)5)19-36-27(24)25)35-16-8-7-15-34-23-12-9-11-22(17-23)31-20(2)28(32)37-29(31)33/h9,11-14,17,19-20H,6-8,10,15-16,18H2,1-5H3. The summed E-state index contributed by atoms with van der Waals surface area (Å²) in [7, 11) is 0. The lowest BCUT2D eigenvalue weighted by Crippen LogP contribution is -2.32. The molecule has 1 atom stereocenters. The summed E-state index contributed by atoms with van der Waals surface area (Å²) in [4.78, 5) is 25.5. The van der Waals surface area contributed by atoms with E-state index in [1.165, 1.54) is 15.8 Å². The fraction of sp³-hybridized carbons (Fsp3) is 0.467. The van der Waals surface area contributed by atoms with Crippen LogP contribution < -0.4 is 14.4 Å². The van der Waals surface area contributed by atoms with Gasteiger partial charge in [-0.05, 0) is 67.9 Å². The van der Waals surface area contributed by atoms with Crippen molar-refractivity contribution in [3.63, 3.8) is 0 Å². The summed E-state index contributed by atoms with van der Waals surface area (Å²) in [6.07, 6.45) is 6.49. The molecule has 0 radical (unpaired) electrons. The molecule has 0 spiro atoms. The number of carbonyl (C=O) groups is 2. The summed E-state index contributed by atoms with van der Waals surface area (Å²) in [5, 5.41) is 0.816. The molecule has 1 fully saturated rings. The maximum atomic E-state index is 12.2. The maximum Gasteiger partial charge on any atom is 0.294 e. The lowest BCUT2D eigenvalue weighted by Gasteiger charge is -2.20. The number of carbonyl (C=O) groups excluding carboxylic acids is 2. The van der Waals surface area contributed by atoms with Crippen LogP contribution in [-0.2, 0) is 17.6 Å². The van der Waals surface area contributed by atoms with Crippen molar-refractivity contribution in [2.24, 2.45) is 5.41 Å². The van der Waals surface area contributed by atoms with Crippen LogP contribution in [-0.4, -0.2) is 29.6 Å². The number of anilines is 1. The summed E-state index contributed by atoms with van der Waals surface area (Å²) in [6, 6.07) is 11.1. The number of unbranched alkanes of at least 4 members (excludes halogenated alkanes) is 1. The van der Waals surface area contributed by atoms with Crippen molar-refractivity contribution < 1.29 is 23.5 Å². The van der Waals surface area contributed by atoms with Gasteiger partial charge in [0, 0.05) is 34.5 Å². The van der Waals surface area contributed by atoms with Gasteiger partial charge in [0.1, 0.15) is 23.1 Å². The van der Waals surface area contributed by atoms with E-state index in [2.05, 4.69) is 39.8 Å². The average molecular weight is 524 g/mol.